The van der Waals surface area contributed by atoms with Crippen molar-refractivity contribution in [1.82, 2.24) is 0 Å². The smallest absolute Gasteiger partial charge is 0.263 e. The molecule has 0 aromatic heterocycles. The highest BCUT2D eigenvalue weighted by Crippen LogP contribution is 2.22. The predicted octanol–water partition coefficient (Wildman–Crippen LogP) is 2.20. The molecule has 1 rings (SSSR count). The molecule has 0 N–H and O–H groups in total. The molecule has 0 heterocycles. The fourth-order valence-electron chi connectivity index (χ4n) is 1.55. The molecule has 0 atom stereocenters. The minimum atomic E-state index is -3.41. The van der Waals surface area contributed by atoms with Gasteiger partial charge in [-0.1, -0.05) is 25.3 Å². The van der Waals surface area contributed by atoms with Crippen molar-refractivity contribution in [3.8, 4) is 0 Å². The average Bonchev–Trinajstić information content (AvgIpc) is 2.04. The Labute approximate surface area is 79.9 Å². The van der Waals surface area contributed by atoms with Gasteiger partial charge in [-0.05, 0) is 19.8 Å². The molecule has 76 valence electrons. The third kappa shape index (κ3) is 3.91. The summed E-state index contributed by atoms with van der Waals surface area (Å²) in [5, 5.41) is 1.11. The van der Waals surface area contributed by atoms with Crippen LogP contribution >= 0.6 is 0 Å². The van der Waals surface area contributed by atoms with Gasteiger partial charge in [0.15, 0.2) is 0 Å². The molecule has 0 bridgehead atoms. The molecule has 0 amide bonds. The molecule has 1 fully saturated rings. The Morgan fingerprint density at radius 1 is 1.23 bits per heavy atom. The third-order valence-electron chi connectivity index (χ3n) is 2.13. The van der Waals surface area contributed by atoms with Crippen LogP contribution in [0.5, 0.6) is 0 Å². The Kier molecular flexibility index (Phi) is 3.93. The van der Waals surface area contributed by atoms with Gasteiger partial charge in [0.25, 0.3) is 10.1 Å². The van der Waals surface area contributed by atoms with E-state index in [1.54, 1.807) is 6.92 Å². The number of allylic oxidation sites excluding steroid dienone is 1. The maximum Gasteiger partial charge on any atom is 0.289 e. The number of hydrogen-bond acceptors (Lipinski definition) is 3. The molecule has 1 aliphatic rings. The van der Waals surface area contributed by atoms with Gasteiger partial charge in [-0.2, -0.15) is 8.42 Å². The first kappa shape index (κ1) is 10.7. The van der Waals surface area contributed by atoms with Crippen LogP contribution in [0.25, 0.3) is 0 Å². The molecule has 0 aromatic rings. The van der Waals surface area contributed by atoms with Crippen LogP contribution in [0.1, 0.15) is 39.0 Å². The lowest BCUT2D eigenvalue weighted by atomic mass is 9.98. The van der Waals surface area contributed by atoms with Crippen molar-refractivity contribution in [2.75, 3.05) is 0 Å². The van der Waals surface area contributed by atoms with E-state index < -0.39 is 10.1 Å². The van der Waals surface area contributed by atoms with Crippen LogP contribution in [0.3, 0.4) is 0 Å². The second kappa shape index (κ2) is 4.77. The van der Waals surface area contributed by atoms with Gasteiger partial charge in [-0.3, -0.25) is 4.18 Å². The molecule has 0 saturated heterocycles. The summed E-state index contributed by atoms with van der Waals surface area (Å²) in [7, 11) is -3.41. The lowest BCUT2D eigenvalue weighted by Gasteiger charge is -2.20. The van der Waals surface area contributed by atoms with E-state index in [0.29, 0.717) is 0 Å². The second-order valence-corrected chi connectivity index (χ2v) is 4.77. The van der Waals surface area contributed by atoms with Crippen LogP contribution in [0.2, 0.25) is 0 Å². The van der Waals surface area contributed by atoms with Crippen molar-refractivity contribution in [3.63, 3.8) is 0 Å². The summed E-state index contributed by atoms with van der Waals surface area (Å²) in [6.07, 6.45) is 6.50. The standard InChI is InChI=1S/C9H16O3S/c1-2-8-13(10,11)12-9-6-4-3-5-7-9/h2,8-9H,3-7H2,1H3/b8-2+. The van der Waals surface area contributed by atoms with Crippen LogP contribution in [-0.4, -0.2) is 14.5 Å². The zero-order valence-corrected chi connectivity index (χ0v) is 8.72. The quantitative estimate of drug-likeness (QED) is 0.662. The van der Waals surface area contributed by atoms with Crippen LogP contribution in [0.15, 0.2) is 11.5 Å². The van der Waals surface area contributed by atoms with Gasteiger partial charge in [-0.25, -0.2) is 0 Å². The fraction of sp³-hybridized carbons (Fsp3) is 0.778. The molecule has 1 aliphatic carbocycles. The fourth-order valence-corrected chi connectivity index (χ4v) is 2.52. The van der Waals surface area contributed by atoms with Gasteiger partial charge in [-0.15, -0.1) is 0 Å². The monoisotopic (exact) mass is 204 g/mol. The largest absolute Gasteiger partial charge is 0.289 e. The summed E-state index contributed by atoms with van der Waals surface area (Å²) in [5.41, 5.74) is 0. The molecule has 13 heavy (non-hydrogen) atoms. The second-order valence-electron chi connectivity index (χ2n) is 3.32. The Morgan fingerprint density at radius 3 is 2.38 bits per heavy atom. The summed E-state index contributed by atoms with van der Waals surface area (Å²) in [6.45, 7) is 1.67. The molecular weight excluding hydrogens is 188 g/mol. The van der Waals surface area contributed by atoms with Crippen molar-refractivity contribution in [2.45, 2.75) is 45.1 Å². The van der Waals surface area contributed by atoms with Crippen LogP contribution in [-0.2, 0) is 14.3 Å². The number of hydrogen-bond donors (Lipinski definition) is 0. The Morgan fingerprint density at radius 2 is 1.85 bits per heavy atom. The zero-order chi connectivity index (χ0) is 9.73. The van der Waals surface area contributed by atoms with E-state index in [2.05, 4.69) is 0 Å². The van der Waals surface area contributed by atoms with Crippen molar-refractivity contribution in [1.29, 1.82) is 0 Å². The van der Waals surface area contributed by atoms with E-state index in [4.69, 9.17) is 4.18 Å². The molecular formula is C9H16O3S. The summed E-state index contributed by atoms with van der Waals surface area (Å²) in [4.78, 5) is 0. The summed E-state index contributed by atoms with van der Waals surface area (Å²) < 4.78 is 27.4. The van der Waals surface area contributed by atoms with Gasteiger partial charge in [0.1, 0.15) is 0 Å². The molecule has 4 heteroatoms. The molecule has 0 aliphatic heterocycles. The predicted molar refractivity (Wildman–Crippen MR) is 51.7 cm³/mol. The normalized spacial score (nSPS) is 21.0. The average molecular weight is 204 g/mol. The first-order chi connectivity index (χ1) is 6.14. The van der Waals surface area contributed by atoms with E-state index in [-0.39, 0.29) is 6.10 Å². The number of rotatable bonds is 3. The van der Waals surface area contributed by atoms with Crippen LogP contribution in [0, 0.1) is 0 Å². The summed E-state index contributed by atoms with van der Waals surface area (Å²) >= 11 is 0. The molecule has 0 radical (unpaired) electrons. The maximum atomic E-state index is 11.2. The van der Waals surface area contributed by atoms with E-state index in [9.17, 15) is 8.42 Å². The zero-order valence-electron chi connectivity index (χ0n) is 7.90. The van der Waals surface area contributed by atoms with Crippen molar-refractivity contribution >= 4 is 10.1 Å². The van der Waals surface area contributed by atoms with Gasteiger partial charge < -0.3 is 0 Å². The first-order valence-electron chi connectivity index (χ1n) is 4.70. The van der Waals surface area contributed by atoms with Gasteiger partial charge >= 0.3 is 0 Å². The maximum absolute atomic E-state index is 11.2. The summed E-state index contributed by atoms with van der Waals surface area (Å²) in [5.74, 6) is 0. The van der Waals surface area contributed by atoms with E-state index in [1.807, 2.05) is 0 Å². The molecule has 1 saturated carbocycles. The van der Waals surface area contributed by atoms with Gasteiger partial charge in [0.05, 0.1) is 11.5 Å². The van der Waals surface area contributed by atoms with Gasteiger partial charge in [0, 0.05) is 0 Å². The topological polar surface area (TPSA) is 43.4 Å². The minimum Gasteiger partial charge on any atom is -0.263 e. The van der Waals surface area contributed by atoms with Crippen molar-refractivity contribution < 1.29 is 12.6 Å². The highest BCUT2D eigenvalue weighted by atomic mass is 32.2. The summed E-state index contributed by atoms with van der Waals surface area (Å²) in [6, 6.07) is 0. The molecule has 0 spiro atoms. The Hall–Kier alpha value is -0.350. The molecule has 3 nitrogen and oxygen atoms in total. The third-order valence-corrected chi connectivity index (χ3v) is 3.27. The van der Waals surface area contributed by atoms with E-state index in [0.717, 1.165) is 31.1 Å². The van der Waals surface area contributed by atoms with Crippen molar-refractivity contribution in [2.24, 2.45) is 0 Å². The lowest BCUT2D eigenvalue weighted by molar-refractivity contribution is 0.165. The van der Waals surface area contributed by atoms with Crippen molar-refractivity contribution in [3.05, 3.63) is 11.5 Å². The first-order valence-corrected chi connectivity index (χ1v) is 6.17. The highest BCUT2D eigenvalue weighted by molar-refractivity contribution is 7.89. The van der Waals surface area contributed by atoms with Crippen LogP contribution in [0.4, 0.5) is 0 Å². The Bertz CT molecular complexity index is 261. The lowest BCUT2D eigenvalue weighted by Crippen LogP contribution is -2.19. The van der Waals surface area contributed by atoms with Gasteiger partial charge in [0.2, 0.25) is 0 Å². The molecule has 0 unspecified atom stereocenters. The van der Waals surface area contributed by atoms with E-state index in [1.165, 1.54) is 12.5 Å². The SMILES string of the molecule is C/C=C/S(=O)(=O)OC1CCCCC1. The van der Waals surface area contributed by atoms with E-state index >= 15 is 0 Å². The highest BCUT2D eigenvalue weighted by Gasteiger charge is 2.19. The van der Waals surface area contributed by atoms with Crippen LogP contribution < -0.4 is 0 Å². The minimum absolute atomic E-state index is 0.0880. The molecule has 0 aromatic carbocycles. The Balaban J connectivity index is 2.47.